The first-order chi connectivity index (χ1) is 12.7. The minimum Gasteiger partial charge on any atom is -0.381 e. The van der Waals surface area contributed by atoms with Crippen molar-refractivity contribution in [1.82, 2.24) is 19.8 Å². The number of carbonyl (C=O) groups is 1. The first kappa shape index (κ1) is 17.7. The molecule has 3 aliphatic rings. The first-order valence-corrected chi connectivity index (χ1v) is 9.82. The van der Waals surface area contributed by atoms with Gasteiger partial charge in [0.2, 0.25) is 5.91 Å². The Morgan fingerprint density at radius 1 is 1.12 bits per heavy atom. The van der Waals surface area contributed by atoms with E-state index in [4.69, 9.17) is 4.74 Å². The summed E-state index contributed by atoms with van der Waals surface area (Å²) in [6, 6.07) is 0. The van der Waals surface area contributed by atoms with Crippen molar-refractivity contribution in [2.75, 3.05) is 64.4 Å². The predicted octanol–water partition coefficient (Wildman–Crippen LogP) is 0.582. The molecule has 0 bridgehead atoms. The van der Waals surface area contributed by atoms with Gasteiger partial charge in [0, 0.05) is 71.3 Å². The van der Waals surface area contributed by atoms with Gasteiger partial charge in [-0.25, -0.2) is 9.97 Å². The molecule has 0 saturated carbocycles. The maximum atomic E-state index is 12.0. The van der Waals surface area contributed by atoms with Crippen LogP contribution >= 0.6 is 0 Å². The van der Waals surface area contributed by atoms with Crippen LogP contribution in [-0.2, 0) is 22.4 Å². The second-order valence-electron chi connectivity index (χ2n) is 7.71. The van der Waals surface area contributed by atoms with Crippen molar-refractivity contribution in [2.45, 2.75) is 25.7 Å². The summed E-state index contributed by atoms with van der Waals surface area (Å²) in [5.74, 6) is 1.94. The molecule has 7 nitrogen and oxygen atoms in total. The van der Waals surface area contributed by atoms with Crippen LogP contribution in [0.1, 0.15) is 24.1 Å². The molecule has 4 heterocycles. The van der Waals surface area contributed by atoms with Crippen molar-refractivity contribution in [3.63, 3.8) is 0 Å². The number of hydrogen-bond acceptors (Lipinski definition) is 6. The molecule has 1 atom stereocenters. The van der Waals surface area contributed by atoms with Gasteiger partial charge >= 0.3 is 0 Å². The molecule has 2 fully saturated rings. The number of anilines is 1. The van der Waals surface area contributed by atoms with Crippen LogP contribution in [0.2, 0.25) is 0 Å². The number of ether oxygens (including phenoxy) is 1. The molecule has 0 aromatic carbocycles. The Morgan fingerprint density at radius 3 is 2.85 bits per heavy atom. The third-order valence-corrected chi connectivity index (χ3v) is 5.92. The van der Waals surface area contributed by atoms with Crippen LogP contribution in [0.25, 0.3) is 0 Å². The van der Waals surface area contributed by atoms with Crippen LogP contribution in [-0.4, -0.2) is 85.2 Å². The number of carbonyl (C=O) groups excluding carboxylic acids is 1. The van der Waals surface area contributed by atoms with Gasteiger partial charge in [-0.1, -0.05) is 0 Å². The second kappa shape index (κ2) is 7.88. The highest BCUT2D eigenvalue weighted by Gasteiger charge is 2.26. The molecule has 26 heavy (non-hydrogen) atoms. The third-order valence-electron chi connectivity index (χ3n) is 5.92. The second-order valence-corrected chi connectivity index (χ2v) is 7.71. The summed E-state index contributed by atoms with van der Waals surface area (Å²) >= 11 is 0. The number of aromatic nitrogens is 2. The van der Waals surface area contributed by atoms with E-state index in [1.807, 2.05) is 11.9 Å². The van der Waals surface area contributed by atoms with E-state index in [0.717, 1.165) is 71.1 Å². The summed E-state index contributed by atoms with van der Waals surface area (Å²) in [4.78, 5) is 27.9. The van der Waals surface area contributed by atoms with Crippen LogP contribution < -0.4 is 4.90 Å². The summed E-state index contributed by atoms with van der Waals surface area (Å²) in [5, 5.41) is 0. The number of nitrogens with zero attached hydrogens (tertiary/aromatic N) is 5. The Kier molecular flexibility index (Phi) is 5.36. The van der Waals surface area contributed by atoms with Crippen molar-refractivity contribution >= 4 is 11.7 Å². The van der Waals surface area contributed by atoms with Crippen LogP contribution in [0.3, 0.4) is 0 Å². The number of amides is 1. The van der Waals surface area contributed by atoms with E-state index in [1.54, 1.807) is 6.33 Å². The summed E-state index contributed by atoms with van der Waals surface area (Å²) in [7, 11) is 1.89. The minimum absolute atomic E-state index is 0.220. The van der Waals surface area contributed by atoms with Gasteiger partial charge in [-0.05, 0) is 18.8 Å². The van der Waals surface area contributed by atoms with Gasteiger partial charge in [0.15, 0.2) is 0 Å². The van der Waals surface area contributed by atoms with Crippen molar-refractivity contribution in [3.8, 4) is 0 Å². The van der Waals surface area contributed by atoms with E-state index in [0.29, 0.717) is 12.3 Å². The van der Waals surface area contributed by atoms with Gasteiger partial charge in [0.1, 0.15) is 12.1 Å². The lowest BCUT2D eigenvalue weighted by molar-refractivity contribution is -0.129. The van der Waals surface area contributed by atoms with E-state index in [9.17, 15) is 4.79 Å². The quantitative estimate of drug-likeness (QED) is 0.787. The highest BCUT2D eigenvalue weighted by Crippen LogP contribution is 2.25. The summed E-state index contributed by atoms with van der Waals surface area (Å²) in [6.45, 7) is 7.40. The SMILES string of the molecule is CN1CCN(c2ncnc3c2CCN(C[C@H]2CCOC2)CC3)CCC1=O. The molecule has 0 spiro atoms. The molecule has 0 radical (unpaired) electrons. The van der Waals surface area contributed by atoms with E-state index in [1.165, 1.54) is 17.7 Å². The topological polar surface area (TPSA) is 61.8 Å². The van der Waals surface area contributed by atoms with Crippen molar-refractivity contribution < 1.29 is 9.53 Å². The molecular formula is C19H29N5O2. The van der Waals surface area contributed by atoms with E-state index in [-0.39, 0.29) is 5.91 Å². The summed E-state index contributed by atoms with van der Waals surface area (Å²) in [5.41, 5.74) is 2.47. The lowest BCUT2D eigenvalue weighted by atomic mass is 10.1. The Labute approximate surface area is 155 Å². The molecule has 0 unspecified atom stereocenters. The number of rotatable bonds is 3. The summed E-state index contributed by atoms with van der Waals surface area (Å²) < 4.78 is 5.53. The Bertz CT molecular complexity index is 647. The average molecular weight is 359 g/mol. The molecule has 2 saturated heterocycles. The van der Waals surface area contributed by atoms with Gasteiger partial charge in [0.25, 0.3) is 0 Å². The van der Waals surface area contributed by atoms with Crippen molar-refractivity contribution in [1.29, 1.82) is 0 Å². The van der Waals surface area contributed by atoms with Crippen molar-refractivity contribution in [2.24, 2.45) is 5.92 Å². The van der Waals surface area contributed by atoms with Crippen LogP contribution in [0.5, 0.6) is 0 Å². The zero-order chi connectivity index (χ0) is 17.9. The lowest BCUT2D eigenvalue weighted by Gasteiger charge is -2.25. The highest BCUT2D eigenvalue weighted by molar-refractivity contribution is 5.77. The predicted molar refractivity (Wildman–Crippen MR) is 99.3 cm³/mol. The van der Waals surface area contributed by atoms with Crippen molar-refractivity contribution in [3.05, 3.63) is 17.6 Å². The van der Waals surface area contributed by atoms with Crippen LogP contribution in [0.4, 0.5) is 5.82 Å². The molecule has 142 valence electrons. The van der Waals surface area contributed by atoms with Gasteiger partial charge in [-0.15, -0.1) is 0 Å². The largest absolute Gasteiger partial charge is 0.381 e. The van der Waals surface area contributed by atoms with Crippen LogP contribution in [0.15, 0.2) is 6.33 Å². The normalized spacial score (nSPS) is 25.1. The maximum Gasteiger partial charge on any atom is 0.224 e. The minimum atomic E-state index is 0.220. The molecule has 7 heteroatoms. The number of hydrogen-bond donors (Lipinski definition) is 0. The zero-order valence-corrected chi connectivity index (χ0v) is 15.7. The molecular weight excluding hydrogens is 330 g/mol. The average Bonchev–Trinajstić information content (AvgIpc) is 3.00. The molecule has 0 N–H and O–H groups in total. The number of fused-ring (bicyclic) bond motifs is 1. The van der Waals surface area contributed by atoms with E-state index >= 15 is 0 Å². The van der Waals surface area contributed by atoms with Gasteiger partial charge in [-0.2, -0.15) is 0 Å². The highest BCUT2D eigenvalue weighted by atomic mass is 16.5. The summed E-state index contributed by atoms with van der Waals surface area (Å²) in [6.07, 6.45) is 5.41. The van der Waals surface area contributed by atoms with Crippen LogP contribution in [0, 0.1) is 5.92 Å². The van der Waals surface area contributed by atoms with Gasteiger partial charge in [0.05, 0.1) is 12.3 Å². The first-order valence-electron chi connectivity index (χ1n) is 9.82. The number of likely N-dealkylation sites (N-methyl/N-ethyl adjacent to an activating group) is 1. The van der Waals surface area contributed by atoms with Gasteiger partial charge < -0.3 is 19.4 Å². The fourth-order valence-electron chi connectivity index (χ4n) is 4.24. The smallest absolute Gasteiger partial charge is 0.224 e. The Hall–Kier alpha value is -1.73. The Morgan fingerprint density at radius 2 is 2.00 bits per heavy atom. The van der Waals surface area contributed by atoms with E-state index < -0.39 is 0 Å². The molecule has 1 aromatic rings. The monoisotopic (exact) mass is 359 g/mol. The zero-order valence-electron chi connectivity index (χ0n) is 15.7. The van der Waals surface area contributed by atoms with Gasteiger partial charge in [-0.3, -0.25) is 4.79 Å². The molecule has 0 aliphatic carbocycles. The maximum absolute atomic E-state index is 12.0. The molecule has 3 aliphatic heterocycles. The molecule has 1 aromatic heterocycles. The molecule has 4 rings (SSSR count). The fraction of sp³-hybridized carbons (Fsp3) is 0.737. The standard InChI is InChI=1S/C19H29N5O2/c1-22-9-10-24(8-4-18(22)25)19-16-2-6-23(12-15-5-11-26-13-15)7-3-17(16)20-14-21-19/h14-15H,2-13H2,1H3/t15-/m1/s1. The fourth-order valence-corrected chi connectivity index (χ4v) is 4.24. The third kappa shape index (κ3) is 3.83. The lowest BCUT2D eigenvalue weighted by Crippen LogP contribution is -2.32. The Balaban J connectivity index is 1.47. The molecule has 1 amide bonds. The van der Waals surface area contributed by atoms with E-state index in [2.05, 4.69) is 19.8 Å².